The Labute approximate surface area is 124 Å². The van der Waals surface area contributed by atoms with Crippen LogP contribution in [0.1, 0.15) is 30.1 Å². The van der Waals surface area contributed by atoms with Gasteiger partial charge in [-0.15, -0.1) is 0 Å². The summed E-state index contributed by atoms with van der Waals surface area (Å²) < 4.78 is 5.22. The fourth-order valence-corrected chi connectivity index (χ4v) is 2.48. The van der Waals surface area contributed by atoms with Crippen molar-refractivity contribution in [3.63, 3.8) is 0 Å². The monoisotopic (exact) mass is 291 g/mol. The predicted octanol–water partition coefficient (Wildman–Crippen LogP) is 1.12. The minimum Gasteiger partial charge on any atom is -0.495 e. The number of amides is 2. The number of hydrogen-bond donors (Lipinski definition) is 3. The molecule has 114 valence electrons. The number of anilines is 1. The first kappa shape index (κ1) is 15.3. The molecule has 0 aromatic heterocycles. The Kier molecular flexibility index (Phi) is 4.47. The Balaban J connectivity index is 2.23. The van der Waals surface area contributed by atoms with Gasteiger partial charge in [0.15, 0.2) is 0 Å². The maximum Gasteiger partial charge on any atom is 0.248 e. The Hall–Kier alpha value is -2.08. The lowest BCUT2D eigenvalue weighted by atomic mass is 9.82. The molecule has 6 nitrogen and oxygen atoms in total. The highest BCUT2D eigenvalue weighted by Crippen LogP contribution is 2.31. The van der Waals surface area contributed by atoms with Gasteiger partial charge in [0.1, 0.15) is 5.75 Å². The van der Waals surface area contributed by atoms with Gasteiger partial charge in [0.2, 0.25) is 11.8 Å². The van der Waals surface area contributed by atoms with E-state index in [2.05, 4.69) is 10.6 Å². The number of nitrogens with two attached hydrogens (primary N) is 1. The average Bonchev–Trinajstić information content (AvgIpc) is 2.47. The van der Waals surface area contributed by atoms with E-state index in [9.17, 15) is 9.59 Å². The molecule has 4 N–H and O–H groups in total. The van der Waals surface area contributed by atoms with Gasteiger partial charge in [-0.3, -0.25) is 9.59 Å². The molecule has 2 amide bonds. The molecule has 2 rings (SSSR count). The third-order valence-corrected chi connectivity index (χ3v) is 3.88. The van der Waals surface area contributed by atoms with Gasteiger partial charge in [-0.05, 0) is 44.5 Å². The quantitative estimate of drug-likeness (QED) is 0.775. The van der Waals surface area contributed by atoms with Crippen LogP contribution in [0.5, 0.6) is 5.75 Å². The molecule has 0 bridgehead atoms. The lowest BCUT2D eigenvalue weighted by molar-refractivity contribution is -0.125. The predicted molar refractivity (Wildman–Crippen MR) is 80.4 cm³/mol. The lowest BCUT2D eigenvalue weighted by Crippen LogP contribution is -2.46. The second-order valence-electron chi connectivity index (χ2n) is 5.57. The standard InChI is InChI=1S/C15H21N3O3/c1-15(6-3-7-17-9-15)14(20)18-11-8-10(13(16)19)4-5-12(11)21-2/h4-5,8,17H,3,6-7,9H2,1-2H3,(H2,16,19)(H,18,20). The summed E-state index contributed by atoms with van der Waals surface area (Å²) in [6, 6.07) is 4.73. The van der Waals surface area contributed by atoms with Gasteiger partial charge < -0.3 is 21.1 Å². The first-order valence-electron chi connectivity index (χ1n) is 6.96. The van der Waals surface area contributed by atoms with E-state index in [1.165, 1.54) is 7.11 Å². The number of nitrogens with one attached hydrogen (secondary N) is 2. The highest BCUT2D eigenvalue weighted by molar-refractivity contribution is 5.99. The first-order valence-corrected chi connectivity index (χ1v) is 6.96. The van der Waals surface area contributed by atoms with Crippen LogP contribution in [-0.4, -0.2) is 32.0 Å². The van der Waals surface area contributed by atoms with Crippen molar-refractivity contribution in [3.05, 3.63) is 23.8 Å². The minimum absolute atomic E-state index is 0.0883. The van der Waals surface area contributed by atoms with E-state index in [0.29, 0.717) is 23.5 Å². The van der Waals surface area contributed by atoms with Gasteiger partial charge in [0, 0.05) is 12.1 Å². The van der Waals surface area contributed by atoms with Crippen molar-refractivity contribution in [1.29, 1.82) is 0 Å². The summed E-state index contributed by atoms with van der Waals surface area (Å²) in [5, 5.41) is 6.09. The molecule has 1 saturated heterocycles. The summed E-state index contributed by atoms with van der Waals surface area (Å²) in [5.41, 5.74) is 5.60. The van der Waals surface area contributed by atoms with Crippen LogP contribution in [0.25, 0.3) is 0 Å². The van der Waals surface area contributed by atoms with Crippen LogP contribution in [-0.2, 0) is 4.79 Å². The molecular weight excluding hydrogens is 270 g/mol. The molecule has 0 saturated carbocycles. The fraction of sp³-hybridized carbons (Fsp3) is 0.467. The third kappa shape index (κ3) is 3.33. The molecule has 1 unspecified atom stereocenters. The van der Waals surface area contributed by atoms with Gasteiger partial charge in [0.05, 0.1) is 18.2 Å². The number of benzene rings is 1. The van der Waals surface area contributed by atoms with Crippen LogP contribution in [0.4, 0.5) is 5.69 Å². The summed E-state index contributed by atoms with van der Waals surface area (Å²) >= 11 is 0. The van der Waals surface area contributed by atoms with Crippen LogP contribution in [0.15, 0.2) is 18.2 Å². The first-order chi connectivity index (χ1) is 9.96. The maximum absolute atomic E-state index is 12.5. The number of methoxy groups -OCH3 is 1. The van der Waals surface area contributed by atoms with Gasteiger partial charge in [0.25, 0.3) is 0 Å². The molecule has 0 radical (unpaired) electrons. The molecule has 0 spiro atoms. The molecule has 6 heteroatoms. The summed E-state index contributed by atoms with van der Waals surface area (Å²) in [7, 11) is 1.51. The zero-order valence-electron chi connectivity index (χ0n) is 12.4. The number of primary amides is 1. The topological polar surface area (TPSA) is 93.4 Å². The Morgan fingerprint density at radius 1 is 1.43 bits per heavy atom. The Bertz CT molecular complexity index is 551. The molecular formula is C15H21N3O3. The number of carbonyl (C=O) groups is 2. The number of hydrogen-bond acceptors (Lipinski definition) is 4. The van der Waals surface area contributed by atoms with Gasteiger partial charge in [-0.1, -0.05) is 0 Å². The largest absolute Gasteiger partial charge is 0.495 e. The molecule has 1 aromatic rings. The summed E-state index contributed by atoms with van der Waals surface area (Å²) in [5.74, 6) is -0.131. The molecule has 1 aromatic carbocycles. The van der Waals surface area contributed by atoms with E-state index in [1.54, 1.807) is 18.2 Å². The lowest BCUT2D eigenvalue weighted by Gasteiger charge is -2.32. The summed E-state index contributed by atoms with van der Waals surface area (Å²) in [6.45, 7) is 3.50. The SMILES string of the molecule is COc1ccc(C(N)=O)cc1NC(=O)C1(C)CCCNC1. The highest BCUT2D eigenvalue weighted by atomic mass is 16.5. The number of ether oxygens (including phenoxy) is 1. The van der Waals surface area contributed by atoms with Gasteiger partial charge >= 0.3 is 0 Å². The van der Waals surface area contributed by atoms with Crippen molar-refractivity contribution in [2.45, 2.75) is 19.8 Å². The molecule has 1 atom stereocenters. The van der Waals surface area contributed by atoms with Crippen LogP contribution in [0.3, 0.4) is 0 Å². The van der Waals surface area contributed by atoms with E-state index in [4.69, 9.17) is 10.5 Å². The Morgan fingerprint density at radius 3 is 2.76 bits per heavy atom. The fourth-order valence-electron chi connectivity index (χ4n) is 2.48. The van der Waals surface area contributed by atoms with E-state index >= 15 is 0 Å². The third-order valence-electron chi connectivity index (χ3n) is 3.88. The molecule has 1 heterocycles. The number of rotatable bonds is 4. The van der Waals surface area contributed by atoms with Gasteiger partial charge in [-0.25, -0.2) is 0 Å². The van der Waals surface area contributed by atoms with Crippen molar-refractivity contribution in [1.82, 2.24) is 5.32 Å². The normalized spacial score (nSPS) is 21.6. The zero-order valence-corrected chi connectivity index (χ0v) is 12.4. The van der Waals surface area contributed by atoms with Crippen molar-refractivity contribution >= 4 is 17.5 Å². The molecule has 0 aliphatic carbocycles. The van der Waals surface area contributed by atoms with Crippen molar-refractivity contribution in [2.24, 2.45) is 11.1 Å². The van der Waals surface area contributed by atoms with Crippen molar-refractivity contribution in [3.8, 4) is 5.75 Å². The smallest absolute Gasteiger partial charge is 0.248 e. The molecule has 1 aliphatic rings. The summed E-state index contributed by atoms with van der Waals surface area (Å²) in [6.07, 6.45) is 1.78. The summed E-state index contributed by atoms with van der Waals surface area (Å²) in [4.78, 5) is 23.8. The van der Waals surface area contributed by atoms with E-state index in [1.807, 2.05) is 6.92 Å². The van der Waals surface area contributed by atoms with E-state index < -0.39 is 11.3 Å². The van der Waals surface area contributed by atoms with E-state index in [-0.39, 0.29) is 5.91 Å². The van der Waals surface area contributed by atoms with Crippen molar-refractivity contribution in [2.75, 3.05) is 25.5 Å². The van der Waals surface area contributed by atoms with Crippen LogP contribution < -0.4 is 21.1 Å². The highest BCUT2D eigenvalue weighted by Gasteiger charge is 2.35. The molecule has 21 heavy (non-hydrogen) atoms. The molecule has 1 aliphatic heterocycles. The Morgan fingerprint density at radius 2 is 2.19 bits per heavy atom. The zero-order chi connectivity index (χ0) is 15.5. The van der Waals surface area contributed by atoms with Crippen LogP contribution in [0, 0.1) is 5.41 Å². The number of piperidine rings is 1. The second-order valence-corrected chi connectivity index (χ2v) is 5.57. The number of carbonyl (C=O) groups excluding carboxylic acids is 2. The minimum atomic E-state index is -0.543. The van der Waals surface area contributed by atoms with Crippen LogP contribution >= 0.6 is 0 Å². The van der Waals surface area contributed by atoms with Gasteiger partial charge in [-0.2, -0.15) is 0 Å². The second kappa shape index (κ2) is 6.13. The van der Waals surface area contributed by atoms with Crippen molar-refractivity contribution < 1.29 is 14.3 Å². The average molecular weight is 291 g/mol. The van der Waals surface area contributed by atoms with E-state index in [0.717, 1.165) is 19.4 Å². The molecule has 1 fully saturated rings. The van der Waals surface area contributed by atoms with Crippen LogP contribution in [0.2, 0.25) is 0 Å². The maximum atomic E-state index is 12.5.